The van der Waals surface area contributed by atoms with Gasteiger partial charge in [-0.05, 0) is 6.42 Å². The third-order valence-corrected chi connectivity index (χ3v) is 2.39. The second-order valence-electron chi connectivity index (χ2n) is 3.62. The average Bonchev–Trinajstić information content (AvgIpc) is 2.70. The smallest absolute Gasteiger partial charge is 0.253 e. The summed E-state index contributed by atoms with van der Waals surface area (Å²) in [7, 11) is 0. The zero-order chi connectivity index (χ0) is 11.4. The molecule has 0 spiro atoms. The topological polar surface area (TPSA) is 52.7 Å². The van der Waals surface area contributed by atoms with E-state index in [1.54, 1.807) is 23.4 Å². The van der Waals surface area contributed by atoms with Crippen LogP contribution in [0.3, 0.4) is 0 Å². The second-order valence-corrected chi connectivity index (χ2v) is 3.62. The molecule has 5 heteroatoms. The minimum atomic E-state index is -0.0424. The van der Waals surface area contributed by atoms with E-state index in [2.05, 4.69) is 21.5 Å². The Morgan fingerprint density at radius 2 is 2.06 bits per heavy atom. The van der Waals surface area contributed by atoms with Crippen molar-refractivity contribution in [2.75, 3.05) is 0 Å². The molecule has 0 bridgehead atoms. The van der Waals surface area contributed by atoms with Gasteiger partial charge in [0.25, 0.3) is 5.56 Å². The van der Waals surface area contributed by atoms with Crippen molar-refractivity contribution >= 4 is 0 Å². The maximum absolute atomic E-state index is 11.5. The number of rotatable bonds is 4. The zero-order valence-electron chi connectivity index (χ0n) is 9.21. The molecule has 16 heavy (non-hydrogen) atoms. The van der Waals surface area contributed by atoms with E-state index >= 15 is 0 Å². The van der Waals surface area contributed by atoms with Crippen LogP contribution < -0.4 is 5.56 Å². The van der Waals surface area contributed by atoms with Crippen LogP contribution in [0, 0.1) is 0 Å². The van der Waals surface area contributed by atoms with Crippen LogP contribution in [0.2, 0.25) is 0 Å². The van der Waals surface area contributed by atoms with Crippen molar-refractivity contribution in [2.24, 2.45) is 0 Å². The molecular weight excluding hydrogens is 204 g/mol. The lowest BCUT2D eigenvalue weighted by molar-refractivity contribution is 0.613. The van der Waals surface area contributed by atoms with Crippen LogP contribution >= 0.6 is 0 Å². The number of aryl methyl sites for hydroxylation is 1. The van der Waals surface area contributed by atoms with Gasteiger partial charge in [-0.1, -0.05) is 6.92 Å². The van der Waals surface area contributed by atoms with E-state index in [0.29, 0.717) is 6.54 Å². The molecule has 0 saturated heterocycles. The van der Waals surface area contributed by atoms with Gasteiger partial charge in [-0.25, -0.2) is 9.97 Å². The van der Waals surface area contributed by atoms with Gasteiger partial charge in [0.15, 0.2) is 0 Å². The molecule has 84 valence electrons. The first kappa shape index (κ1) is 10.6. The van der Waals surface area contributed by atoms with Gasteiger partial charge in [0, 0.05) is 25.0 Å². The Balaban J connectivity index is 2.24. The highest BCUT2D eigenvalue weighted by Gasteiger charge is 2.03. The van der Waals surface area contributed by atoms with Crippen LogP contribution in [-0.4, -0.2) is 19.1 Å². The van der Waals surface area contributed by atoms with Gasteiger partial charge in [-0.2, -0.15) is 0 Å². The monoisotopic (exact) mass is 218 g/mol. The van der Waals surface area contributed by atoms with Crippen LogP contribution in [0.4, 0.5) is 0 Å². The molecule has 0 saturated carbocycles. The van der Waals surface area contributed by atoms with Crippen LogP contribution in [-0.2, 0) is 13.1 Å². The summed E-state index contributed by atoms with van der Waals surface area (Å²) in [5.41, 5.74) is 0.983. The molecule has 0 unspecified atom stereocenters. The number of hydrogen-bond donors (Lipinski definition) is 0. The van der Waals surface area contributed by atoms with E-state index in [-0.39, 0.29) is 5.56 Å². The van der Waals surface area contributed by atoms with Crippen molar-refractivity contribution in [3.63, 3.8) is 0 Å². The fourth-order valence-corrected chi connectivity index (χ4v) is 1.59. The molecule has 0 atom stereocenters. The third kappa shape index (κ3) is 2.18. The summed E-state index contributed by atoms with van der Waals surface area (Å²) in [6.45, 7) is 3.55. The van der Waals surface area contributed by atoms with E-state index in [4.69, 9.17) is 0 Å². The van der Waals surface area contributed by atoms with Crippen molar-refractivity contribution in [3.8, 4) is 0 Å². The van der Waals surface area contributed by atoms with Crippen molar-refractivity contribution in [1.82, 2.24) is 19.1 Å². The summed E-state index contributed by atoms with van der Waals surface area (Å²) in [6, 6.07) is 1.46. The van der Waals surface area contributed by atoms with Crippen LogP contribution in [0.1, 0.15) is 19.0 Å². The number of hydrogen-bond acceptors (Lipinski definition) is 3. The Labute approximate surface area is 93.4 Å². The fraction of sp³-hybridized carbons (Fsp3) is 0.364. The van der Waals surface area contributed by atoms with Gasteiger partial charge < -0.3 is 4.57 Å². The van der Waals surface area contributed by atoms with Gasteiger partial charge in [-0.3, -0.25) is 9.36 Å². The van der Waals surface area contributed by atoms with E-state index < -0.39 is 0 Å². The molecule has 0 aliphatic carbocycles. The molecule has 0 fully saturated rings. The lowest BCUT2D eigenvalue weighted by Gasteiger charge is -2.07. The first-order valence-corrected chi connectivity index (χ1v) is 5.30. The Bertz CT molecular complexity index is 514. The standard InChI is InChI=1S/C11H14N4O/c1-2-5-14-9-13-6-10(14)7-15-8-12-4-3-11(15)16/h3-4,6,8-9H,2,5,7H2,1H3. The fourth-order valence-electron chi connectivity index (χ4n) is 1.59. The number of nitrogens with zero attached hydrogens (tertiary/aromatic N) is 4. The molecule has 0 radical (unpaired) electrons. The Morgan fingerprint density at radius 1 is 1.25 bits per heavy atom. The first-order chi connectivity index (χ1) is 7.81. The summed E-state index contributed by atoms with van der Waals surface area (Å²) in [5, 5.41) is 0. The van der Waals surface area contributed by atoms with E-state index in [1.165, 1.54) is 12.3 Å². The predicted octanol–water partition coefficient (Wildman–Crippen LogP) is 0.898. The Hall–Kier alpha value is -1.91. The molecule has 2 heterocycles. The van der Waals surface area contributed by atoms with E-state index in [9.17, 15) is 4.79 Å². The molecule has 0 N–H and O–H groups in total. The van der Waals surface area contributed by atoms with Crippen molar-refractivity contribution < 1.29 is 0 Å². The summed E-state index contributed by atoms with van der Waals surface area (Å²) >= 11 is 0. The minimum Gasteiger partial charge on any atom is -0.333 e. The van der Waals surface area contributed by atoms with Crippen molar-refractivity contribution in [2.45, 2.75) is 26.4 Å². The maximum Gasteiger partial charge on any atom is 0.253 e. The van der Waals surface area contributed by atoms with Crippen LogP contribution in [0.25, 0.3) is 0 Å². The van der Waals surface area contributed by atoms with Crippen molar-refractivity contribution in [1.29, 1.82) is 0 Å². The van der Waals surface area contributed by atoms with Gasteiger partial charge >= 0.3 is 0 Å². The highest BCUT2D eigenvalue weighted by Crippen LogP contribution is 2.02. The molecule has 2 aromatic heterocycles. The average molecular weight is 218 g/mol. The van der Waals surface area contributed by atoms with Gasteiger partial charge in [-0.15, -0.1) is 0 Å². The molecular formula is C11H14N4O. The van der Waals surface area contributed by atoms with E-state index in [0.717, 1.165) is 18.7 Å². The minimum absolute atomic E-state index is 0.0424. The summed E-state index contributed by atoms with van der Waals surface area (Å²) in [4.78, 5) is 19.5. The van der Waals surface area contributed by atoms with Crippen molar-refractivity contribution in [3.05, 3.63) is 47.2 Å². The van der Waals surface area contributed by atoms with Gasteiger partial charge in [0.2, 0.25) is 0 Å². The van der Waals surface area contributed by atoms with Gasteiger partial charge in [0.1, 0.15) is 0 Å². The van der Waals surface area contributed by atoms with Crippen LogP contribution in [0.5, 0.6) is 0 Å². The largest absolute Gasteiger partial charge is 0.333 e. The normalized spacial score (nSPS) is 10.6. The molecule has 0 aliphatic rings. The molecule has 5 nitrogen and oxygen atoms in total. The first-order valence-electron chi connectivity index (χ1n) is 5.30. The Kier molecular flexibility index (Phi) is 3.14. The quantitative estimate of drug-likeness (QED) is 0.766. The number of imidazole rings is 1. The predicted molar refractivity (Wildman–Crippen MR) is 60.1 cm³/mol. The summed E-state index contributed by atoms with van der Waals surface area (Å²) in [6.07, 6.45) is 7.68. The van der Waals surface area contributed by atoms with Crippen LogP contribution in [0.15, 0.2) is 35.9 Å². The second kappa shape index (κ2) is 4.74. The lowest BCUT2D eigenvalue weighted by atomic mass is 10.4. The molecule has 2 aromatic rings. The van der Waals surface area contributed by atoms with Gasteiger partial charge in [0.05, 0.1) is 24.9 Å². The molecule has 2 rings (SSSR count). The van der Waals surface area contributed by atoms with E-state index in [1.807, 2.05) is 0 Å². The Morgan fingerprint density at radius 3 is 2.81 bits per heavy atom. The highest BCUT2D eigenvalue weighted by atomic mass is 16.1. The summed E-state index contributed by atoms with van der Waals surface area (Å²) in [5.74, 6) is 0. The zero-order valence-corrected chi connectivity index (χ0v) is 9.21. The highest BCUT2D eigenvalue weighted by molar-refractivity contribution is 5.00. The molecule has 0 aliphatic heterocycles. The third-order valence-electron chi connectivity index (χ3n) is 2.39. The lowest BCUT2D eigenvalue weighted by Crippen LogP contribution is -2.20. The maximum atomic E-state index is 11.5. The number of aromatic nitrogens is 4. The summed E-state index contributed by atoms with van der Waals surface area (Å²) < 4.78 is 3.63. The SMILES string of the molecule is CCCn1cncc1Cn1cnccc1=O. The molecule has 0 aromatic carbocycles. The molecule has 0 amide bonds.